The van der Waals surface area contributed by atoms with Crippen molar-refractivity contribution in [3.05, 3.63) is 23.6 Å². The average Bonchev–Trinajstić information content (AvgIpc) is 3.15. The van der Waals surface area contributed by atoms with Gasteiger partial charge in [-0.05, 0) is 31.0 Å². The molecule has 1 aromatic carbocycles. The number of sulfonamides is 1. The molecule has 0 radical (unpaired) electrons. The van der Waals surface area contributed by atoms with Gasteiger partial charge < -0.3 is 14.8 Å². The molecule has 0 unspecified atom stereocenters. The number of hydrogen-bond donors (Lipinski definition) is 1. The Morgan fingerprint density at radius 2 is 1.96 bits per heavy atom. The molecule has 3 rings (SSSR count). The van der Waals surface area contributed by atoms with Crippen LogP contribution >= 0.6 is 11.3 Å². The number of piperidine rings is 1. The summed E-state index contributed by atoms with van der Waals surface area (Å²) in [6.45, 7) is 0.724. The van der Waals surface area contributed by atoms with E-state index in [0.29, 0.717) is 48.3 Å². The van der Waals surface area contributed by atoms with Gasteiger partial charge in [-0.1, -0.05) is 0 Å². The number of nitrogens with one attached hydrogen (secondary N) is 1. The normalized spacial score (nSPS) is 16.0. The molecule has 1 amide bonds. The number of rotatable bonds is 6. The molecule has 1 saturated heterocycles. The predicted octanol–water partition coefficient (Wildman–Crippen LogP) is 2.44. The van der Waals surface area contributed by atoms with E-state index in [4.69, 9.17) is 9.47 Å². The molecule has 10 heteroatoms. The second-order valence-electron chi connectivity index (χ2n) is 6.53. The average molecular weight is 426 g/mol. The van der Waals surface area contributed by atoms with Crippen molar-refractivity contribution in [2.75, 3.05) is 38.9 Å². The lowest BCUT2D eigenvalue weighted by atomic mass is 9.97. The number of carbonyl (C=O) groups is 1. The maximum atomic E-state index is 12.5. The topological polar surface area (TPSA) is 97.8 Å². The highest BCUT2D eigenvalue weighted by molar-refractivity contribution is 7.88. The number of anilines is 1. The summed E-state index contributed by atoms with van der Waals surface area (Å²) in [4.78, 5) is 17.0. The molecule has 1 aliphatic heterocycles. The smallest absolute Gasteiger partial charge is 0.229 e. The number of hydrogen-bond acceptors (Lipinski definition) is 7. The van der Waals surface area contributed by atoms with Crippen LogP contribution in [0.1, 0.15) is 12.8 Å². The maximum Gasteiger partial charge on any atom is 0.229 e. The third-order valence-electron chi connectivity index (χ3n) is 4.71. The van der Waals surface area contributed by atoms with Gasteiger partial charge in [0.05, 0.1) is 26.2 Å². The Bertz CT molecular complexity index is 950. The fraction of sp³-hybridized carbons (Fsp3) is 0.444. The summed E-state index contributed by atoms with van der Waals surface area (Å²) in [6, 6.07) is 5.45. The molecule has 1 fully saturated rings. The molecule has 0 saturated carbocycles. The van der Waals surface area contributed by atoms with Crippen LogP contribution in [0.15, 0.2) is 23.6 Å². The van der Waals surface area contributed by atoms with Crippen molar-refractivity contribution in [1.29, 1.82) is 0 Å². The van der Waals surface area contributed by atoms with Crippen molar-refractivity contribution in [2.24, 2.45) is 5.92 Å². The zero-order chi connectivity index (χ0) is 20.3. The number of benzene rings is 1. The molecule has 0 atom stereocenters. The van der Waals surface area contributed by atoms with Crippen molar-refractivity contribution in [3.63, 3.8) is 0 Å². The summed E-state index contributed by atoms with van der Waals surface area (Å²) in [7, 11) is -0.0272. The van der Waals surface area contributed by atoms with Gasteiger partial charge in [0.25, 0.3) is 0 Å². The molecule has 8 nitrogen and oxygen atoms in total. The first-order chi connectivity index (χ1) is 13.3. The summed E-state index contributed by atoms with van der Waals surface area (Å²) >= 11 is 1.33. The van der Waals surface area contributed by atoms with Crippen molar-refractivity contribution < 1.29 is 22.7 Å². The number of ether oxygens (including phenoxy) is 2. The first kappa shape index (κ1) is 20.6. The second kappa shape index (κ2) is 8.46. The predicted molar refractivity (Wildman–Crippen MR) is 108 cm³/mol. The number of carbonyl (C=O) groups excluding carboxylic acids is 1. The van der Waals surface area contributed by atoms with Gasteiger partial charge in [0.2, 0.25) is 15.9 Å². The second-order valence-corrected chi connectivity index (χ2v) is 9.37. The van der Waals surface area contributed by atoms with E-state index >= 15 is 0 Å². The summed E-state index contributed by atoms with van der Waals surface area (Å²) in [6.07, 6.45) is 2.19. The lowest BCUT2D eigenvalue weighted by Gasteiger charge is -2.29. The Morgan fingerprint density at radius 3 is 2.57 bits per heavy atom. The first-order valence-corrected chi connectivity index (χ1v) is 11.5. The van der Waals surface area contributed by atoms with E-state index in [1.807, 2.05) is 11.4 Å². The van der Waals surface area contributed by atoms with Crippen LogP contribution in [0.2, 0.25) is 0 Å². The molecule has 1 N–H and O–H groups in total. The van der Waals surface area contributed by atoms with E-state index in [-0.39, 0.29) is 11.8 Å². The van der Waals surface area contributed by atoms with Gasteiger partial charge in [0.15, 0.2) is 5.13 Å². The molecular weight excluding hydrogens is 402 g/mol. The molecule has 28 heavy (non-hydrogen) atoms. The highest BCUT2D eigenvalue weighted by Gasteiger charge is 2.29. The van der Waals surface area contributed by atoms with Gasteiger partial charge in [-0.15, -0.1) is 11.3 Å². The number of aromatic nitrogens is 1. The summed E-state index contributed by atoms with van der Waals surface area (Å²) in [5.41, 5.74) is 1.46. The Hall–Kier alpha value is -2.17. The first-order valence-electron chi connectivity index (χ1n) is 8.75. The molecule has 1 aromatic heterocycles. The Balaban J connectivity index is 1.68. The van der Waals surface area contributed by atoms with Crippen LogP contribution in [0.25, 0.3) is 11.3 Å². The van der Waals surface area contributed by atoms with Crippen LogP contribution in [-0.4, -0.2) is 57.2 Å². The molecule has 152 valence electrons. The van der Waals surface area contributed by atoms with E-state index in [2.05, 4.69) is 10.3 Å². The minimum Gasteiger partial charge on any atom is -0.497 e. The largest absolute Gasteiger partial charge is 0.497 e. The highest BCUT2D eigenvalue weighted by Crippen LogP contribution is 2.35. The van der Waals surface area contributed by atoms with E-state index in [1.165, 1.54) is 21.9 Å². The van der Waals surface area contributed by atoms with Crippen molar-refractivity contribution in [1.82, 2.24) is 9.29 Å². The van der Waals surface area contributed by atoms with Gasteiger partial charge in [-0.2, -0.15) is 0 Å². The molecule has 2 heterocycles. The highest BCUT2D eigenvalue weighted by atomic mass is 32.2. The number of amides is 1. The Morgan fingerprint density at radius 1 is 1.25 bits per heavy atom. The van der Waals surface area contributed by atoms with Gasteiger partial charge in [-0.3, -0.25) is 4.79 Å². The quantitative estimate of drug-likeness (QED) is 0.763. The standard InChI is InChI=1S/C18H23N3O5S2/c1-25-13-4-5-16(26-2)14(10-13)15-11-27-18(19-15)20-17(22)12-6-8-21(9-7-12)28(3,23)24/h4-5,10-12H,6-9H2,1-3H3,(H,19,20,22). The monoisotopic (exact) mass is 425 g/mol. The summed E-state index contributed by atoms with van der Waals surface area (Å²) in [5.74, 6) is 0.993. The summed E-state index contributed by atoms with van der Waals surface area (Å²) in [5, 5.41) is 5.19. The lowest BCUT2D eigenvalue weighted by Crippen LogP contribution is -2.40. The van der Waals surface area contributed by atoms with Crippen molar-refractivity contribution in [3.8, 4) is 22.8 Å². The molecule has 0 bridgehead atoms. The van der Waals surface area contributed by atoms with Gasteiger partial charge >= 0.3 is 0 Å². The SMILES string of the molecule is COc1ccc(OC)c(-c2csc(NC(=O)C3CCN(S(C)(=O)=O)CC3)n2)c1. The number of thiazole rings is 1. The van der Waals surface area contributed by atoms with E-state index in [0.717, 1.165) is 5.56 Å². The Labute approximate surface area is 168 Å². The molecular formula is C18H23N3O5S2. The summed E-state index contributed by atoms with van der Waals surface area (Å²) < 4.78 is 35.2. The van der Waals surface area contributed by atoms with E-state index in [1.54, 1.807) is 26.4 Å². The number of nitrogens with zero attached hydrogens (tertiary/aromatic N) is 2. The number of methoxy groups -OCH3 is 2. The van der Waals surface area contributed by atoms with Crippen LogP contribution in [-0.2, 0) is 14.8 Å². The van der Waals surface area contributed by atoms with E-state index < -0.39 is 10.0 Å². The van der Waals surface area contributed by atoms with Crippen LogP contribution < -0.4 is 14.8 Å². The van der Waals surface area contributed by atoms with Crippen LogP contribution in [0, 0.1) is 5.92 Å². The maximum absolute atomic E-state index is 12.5. The van der Waals surface area contributed by atoms with Crippen molar-refractivity contribution >= 4 is 32.4 Å². The fourth-order valence-electron chi connectivity index (χ4n) is 3.13. The Kier molecular flexibility index (Phi) is 6.21. The minimum atomic E-state index is -3.20. The molecule has 2 aromatic rings. The third-order valence-corrected chi connectivity index (χ3v) is 6.77. The van der Waals surface area contributed by atoms with Crippen molar-refractivity contribution in [2.45, 2.75) is 12.8 Å². The van der Waals surface area contributed by atoms with Gasteiger partial charge in [-0.25, -0.2) is 17.7 Å². The zero-order valence-electron chi connectivity index (χ0n) is 16.0. The van der Waals surface area contributed by atoms with Gasteiger partial charge in [0, 0.05) is 30.0 Å². The van der Waals surface area contributed by atoms with Crippen LogP contribution in [0.3, 0.4) is 0 Å². The molecule has 0 aliphatic carbocycles. The fourth-order valence-corrected chi connectivity index (χ4v) is 4.71. The lowest BCUT2D eigenvalue weighted by molar-refractivity contribution is -0.120. The minimum absolute atomic E-state index is 0.133. The molecule has 0 spiro atoms. The zero-order valence-corrected chi connectivity index (χ0v) is 17.6. The molecule has 1 aliphatic rings. The van der Waals surface area contributed by atoms with E-state index in [9.17, 15) is 13.2 Å². The van der Waals surface area contributed by atoms with Gasteiger partial charge in [0.1, 0.15) is 11.5 Å². The third kappa shape index (κ3) is 4.62. The van der Waals surface area contributed by atoms with Crippen LogP contribution in [0.4, 0.5) is 5.13 Å². The van der Waals surface area contributed by atoms with Crippen LogP contribution in [0.5, 0.6) is 11.5 Å².